The standard InChI is InChI=1S/C13H11N3O3/c1-15-11(7-8-14-15)5-6-13(17)10-3-2-4-12(9-10)16(18)19/h2-9H,1H3. The Morgan fingerprint density at radius 2 is 2.21 bits per heavy atom. The van der Waals surface area contributed by atoms with E-state index in [1.165, 1.54) is 24.3 Å². The highest BCUT2D eigenvalue weighted by Gasteiger charge is 2.09. The summed E-state index contributed by atoms with van der Waals surface area (Å²) in [6.07, 6.45) is 4.61. The summed E-state index contributed by atoms with van der Waals surface area (Å²) in [6.45, 7) is 0. The first-order valence-electron chi connectivity index (χ1n) is 5.53. The van der Waals surface area contributed by atoms with Gasteiger partial charge in [0, 0.05) is 30.9 Å². The van der Waals surface area contributed by atoms with E-state index in [0.717, 1.165) is 5.69 Å². The Labute approximate surface area is 109 Å². The van der Waals surface area contributed by atoms with Crippen molar-refractivity contribution in [3.63, 3.8) is 0 Å². The summed E-state index contributed by atoms with van der Waals surface area (Å²) in [5, 5.41) is 14.6. The largest absolute Gasteiger partial charge is 0.289 e. The first-order chi connectivity index (χ1) is 9.08. The van der Waals surface area contributed by atoms with Crippen LogP contribution in [0.2, 0.25) is 0 Å². The van der Waals surface area contributed by atoms with Gasteiger partial charge in [0.1, 0.15) is 0 Å². The number of carbonyl (C=O) groups excluding carboxylic acids is 1. The van der Waals surface area contributed by atoms with Gasteiger partial charge in [-0.1, -0.05) is 12.1 Å². The van der Waals surface area contributed by atoms with Crippen LogP contribution in [0.25, 0.3) is 6.08 Å². The van der Waals surface area contributed by atoms with Crippen LogP contribution >= 0.6 is 0 Å². The fraction of sp³-hybridized carbons (Fsp3) is 0.0769. The summed E-state index contributed by atoms with van der Waals surface area (Å²) in [4.78, 5) is 22.0. The molecule has 0 aliphatic carbocycles. The minimum Gasteiger partial charge on any atom is -0.289 e. The van der Waals surface area contributed by atoms with Crippen molar-refractivity contribution in [1.82, 2.24) is 9.78 Å². The number of allylic oxidation sites excluding steroid dienone is 1. The molecule has 0 fully saturated rings. The molecule has 19 heavy (non-hydrogen) atoms. The summed E-state index contributed by atoms with van der Waals surface area (Å²) in [7, 11) is 1.76. The smallest absolute Gasteiger partial charge is 0.270 e. The predicted octanol–water partition coefficient (Wildman–Crippen LogP) is 2.22. The number of benzene rings is 1. The van der Waals surface area contributed by atoms with E-state index in [4.69, 9.17) is 0 Å². The Morgan fingerprint density at radius 1 is 1.42 bits per heavy atom. The molecule has 2 rings (SSSR count). The fourth-order valence-corrected chi connectivity index (χ4v) is 1.58. The molecule has 0 aliphatic rings. The van der Waals surface area contributed by atoms with Gasteiger partial charge in [-0.15, -0.1) is 0 Å². The molecule has 0 saturated carbocycles. The SMILES string of the molecule is Cn1nccc1C=CC(=O)c1cccc([N+](=O)[O-])c1. The van der Waals surface area contributed by atoms with Crippen molar-refractivity contribution in [3.05, 3.63) is 64.0 Å². The molecule has 0 spiro atoms. The van der Waals surface area contributed by atoms with Crippen LogP contribution in [0.15, 0.2) is 42.6 Å². The first kappa shape index (κ1) is 12.7. The van der Waals surface area contributed by atoms with E-state index in [1.807, 2.05) is 0 Å². The molecule has 0 saturated heterocycles. The molecule has 96 valence electrons. The number of rotatable bonds is 4. The van der Waals surface area contributed by atoms with Gasteiger partial charge >= 0.3 is 0 Å². The number of ketones is 1. The number of aromatic nitrogens is 2. The van der Waals surface area contributed by atoms with Crippen LogP contribution in [0.4, 0.5) is 5.69 Å². The second-order valence-electron chi connectivity index (χ2n) is 3.88. The van der Waals surface area contributed by atoms with Crippen molar-refractivity contribution in [2.24, 2.45) is 7.05 Å². The zero-order valence-corrected chi connectivity index (χ0v) is 10.2. The molecular formula is C13H11N3O3. The van der Waals surface area contributed by atoms with Gasteiger partial charge in [0.2, 0.25) is 0 Å². The topological polar surface area (TPSA) is 78.0 Å². The lowest BCUT2D eigenvalue weighted by atomic mass is 10.1. The molecule has 0 amide bonds. The van der Waals surface area contributed by atoms with E-state index in [1.54, 1.807) is 36.1 Å². The first-order valence-corrected chi connectivity index (χ1v) is 5.53. The number of hydrogen-bond donors (Lipinski definition) is 0. The minimum absolute atomic E-state index is 0.0974. The highest BCUT2D eigenvalue weighted by Crippen LogP contribution is 2.14. The van der Waals surface area contributed by atoms with Crippen molar-refractivity contribution in [1.29, 1.82) is 0 Å². The average molecular weight is 257 g/mol. The summed E-state index contributed by atoms with van der Waals surface area (Å²) < 4.78 is 1.62. The normalized spacial score (nSPS) is 10.8. The number of non-ortho nitro benzene ring substituents is 1. The Kier molecular flexibility index (Phi) is 3.51. The molecule has 0 atom stereocenters. The minimum atomic E-state index is -0.526. The van der Waals surface area contributed by atoms with E-state index in [2.05, 4.69) is 5.10 Å². The van der Waals surface area contributed by atoms with Crippen LogP contribution in [-0.4, -0.2) is 20.5 Å². The highest BCUT2D eigenvalue weighted by molar-refractivity contribution is 6.07. The molecule has 1 heterocycles. The maximum Gasteiger partial charge on any atom is 0.270 e. The molecule has 0 aliphatic heterocycles. The molecular weight excluding hydrogens is 246 g/mol. The number of nitro benzene ring substituents is 1. The monoisotopic (exact) mass is 257 g/mol. The maximum absolute atomic E-state index is 11.9. The summed E-state index contributed by atoms with van der Waals surface area (Å²) in [5.41, 5.74) is 0.964. The summed E-state index contributed by atoms with van der Waals surface area (Å²) in [5.74, 6) is -0.287. The Morgan fingerprint density at radius 3 is 2.84 bits per heavy atom. The van der Waals surface area contributed by atoms with Crippen molar-refractivity contribution in [2.45, 2.75) is 0 Å². The van der Waals surface area contributed by atoms with E-state index < -0.39 is 4.92 Å². The number of aryl methyl sites for hydroxylation is 1. The van der Waals surface area contributed by atoms with Gasteiger partial charge in [-0.3, -0.25) is 19.6 Å². The van der Waals surface area contributed by atoms with E-state index in [0.29, 0.717) is 0 Å². The van der Waals surface area contributed by atoms with Crippen LogP contribution in [0.5, 0.6) is 0 Å². The van der Waals surface area contributed by atoms with E-state index in [-0.39, 0.29) is 17.0 Å². The fourth-order valence-electron chi connectivity index (χ4n) is 1.58. The van der Waals surface area contributed by atoms with Crippen molar-refractivity contribution in [2.75, 3.05) is 0 Å². The third kappa shape index (κ3) is 2.92. The predicted molar refractivity (Wildman–Crippen MR) is 69.7 cm³/mol. The zero-order chi connectivity index (χ0) is 13.8. The van der Waals surface area contributed by atoms with Gasteiger partial charge in [-0.05, 0) is 18.2 Å². The van der Waals surface area contributed by atoms with Crippen LogP contribution in [0, 0.1) is 10.1 Å². The van der Waals surface area contributed by atoms with Crippen LogP contribution in [0.1, 0.15) is 16.1 Å². The van der Waals surface area contributed by atoms with Crippen molar-refractivity contribution < 1.29 is 9.72 Å². The Balaban J connectivity index is 2.21. The summed E-state index contributed by atoms with van der Waals surface area (Å²) >= 11 is 0. The zero-order valence-electron chi connectivity index (χ0n) is 10.2. The Hall–Kier alpha value is -2.76. The molecule has 0 unspecified atom stereocenters. The van der Waals surface area contributed by atoms with Gasteiger partial charge in [-0.2, -0.15) is 5.10 Å². The second kappa shape index (κ2) is 5.26. The number of nitro groups is 1. The molecule has 1 aromatic heterocycles. The maximum atomic E-state index is 11.9. The molecule has 2 aromatic rings. The van der Waals surface area contributed by atoms with Gasteiger partial charge in [0.05, 0.1) is 10.6 Å². The van der Waals surface area contributed by atoms with Gasteiger partial charge < -0.3 is 0 Å². The van der Waals surface area contributed by atoms with Gasteiger partial charge in [0.25, 0.3) is 5.69 Å². The van der Waals surface area contributed by atoms with Crippen LogP contribution in [0.3, 0.4) is 0 Å². The third-order valence-corrected chi connectivity index (χ3v) is 2.61. The molecule has 1 aromatic carbocycles. The average Bonchev–Trinajstić information content (AvgIpc) is 2.81. The molecule has 0 N–H and O–H groups in total. The lowest BCUT2D eigenvalue weighted by Crippen LogP contribution is -1.97. The third-order valence-electron chi connectivity index (χ3n) is 2.61. The van der Waals surface area contributed by atoms with Crippen LogP contribution < -0.4 is 0 Å². The highest BCUT2D eigenvalue weighted by atomic mass is 16.6. The molecule has 0 radical (unpaired) electrons. The van der Waals surface area contributed by atoms with E-state index in [9.17, 15) is 14.9 Å². The lowest BCUT2D eigenvalue weighted by molar-refractivity contribution is -0.384. The second-order valence-corrected chi connectivity index (χ2v) is 3.88. The van der Waals surface area contributed by atoms with Crippen molar-refractivity contribution in [3.8, 4) is 0 Å². The van der Waals surface area contributed by atoms with Gasteiger partial charge in [0.15, 0.2) is 5.78 Å². The lowest BCUT2D eigenvalue weighted by Gasteiger charge is -1.97. The molecule has 6 nitrogen and oxygen atoms in total. The quantitative estimate of drug-likeness (QED) is 0.364. The molecule has 6 heteroatoms. The van der Waals surface area contributed by atoms with Crippen molar-refractivity contribution >= 4 is 17.5 Å². The van der Waals surface area contributed by atoms with E-state index >= 15 is 0 Å². The number of carbonyl (C=O) groups is 1. The number of hydrogen-bond acceptors (Lipinski definition) is 4. The Bertz CT molecular complexity index is 659. The number of nitrogens with zero attached hydrogens (tertiary/aromatic N) is 3. The van der Waals surface area contributed by atoms with Crippen LogP contribution in [-0.2, 0) is 7.05 Å². The molecule has 0 bridgehead atoms. The summed E-state index contributed by atoms with van der Waals surface area (Å²) in [6, 6.07) is 7.40. The van der Waals surface area contributed by atoms with Gasteiger partial charge in [-0.25, -0.2) is 0 Å².